The SMILES string of the molecule is Cc1ccc(Cl)cc1C(=O)N[C@H](C)CN.Cl. The van der Waals surface area contributed by atoms with Crippen LogP contribution in [0.25, 0.3) is 0 Å². The van der Waals surface area contributed by atoms with Gasteiger partial charge in [-0.3, -0.25) is 4.79 Å². The normalized spacial score (nSPS) is 11.5. The summed E-state index contributed by atoms with van der Waals surface area (Å²) in [6.07, 6.45) is 0. The van der Waals surface area contributed by atoms with Gasteiger partial charge in [0.25, 0.3) is 5.91 Å². The molecule has 0 saturated carbocycles. The van der Waals surface area contributed by atoms with Crippen molar-refractivity contribution in [2.75, 3.05) is 6.54 Å². The molecule has 0 spiro atoms. The highest BCUT2D eigenvalue weighted by Crippen LogP contribution is 2.15. The predicted octanol–water partition coefficient (Wildman–Crippen LogP) is 2.15. The molecule has 0 bridgehead atoms. The van der Waals surface area contributed by atoms with Crippen LogP contribution in [-0.2, 0) is 0 Å². The first-order chi connectivity index (χ1) is 7.04. The number of nitrogens with one attached hydrogen (secondary N) is 1. The van der Waals surface area contributed by atoms with Crippen LogP contribution in [0.5, 0.6) is 0 Å². The molecular weight excluding hydrogens is 247 g/mol. The molecular formula is C11H16Cl2N2O. The summed E-state index contributed by atoms with van der Waals surface area (Å²) in [4.78, 5) is 11.8. The lowest BCUT2D eigenvalue weighted by Gasteiger charge is -2.12. The number of nitrogens with two attached hydrogens (primary N) is 1. The fraction of sp³-hybridized carbons (Fsp3) is 0.364. The maximum absolute atomic E-state index is 11.8. The largest absolute Gasteiger partial charge is 0.348 e. The van der Waals surface area contributed by atoms with Crippen molar-refractivity contribution >= 4 is 29.9 Å². The second-order valence-corrected chi connectivity index (χ2v) is 4.01. The van der Waals surface area contributed by atoms with E-state index in [-0.39, 0.29) is 24.4 Å². The van der Waals surface area contributed by atoms with E-state index in [1.165, 1.54) is 0 Å². The summed E-state index contributed by atoms with van der Waals surface area (Å²) in [5, 5.41) is 3.35. The van der Waals surface area contributed by atoms with E-state index in [1.54, 1.807) is 12.1 Å². The molecule has 1 aromatic rings. The summed E-state index contributed by atoms with van der Waals surface area (Å²) in [5.41, 5.74) is 6.93. The van der Waals surface area contributed by atoms with E-state index in [2.05, 4.69) is 5.32 Å². The smallest absolute Gasteiger partial charge is 0.251 e. The van der Waals surface area contributed by atoms with Gasteiger partial charge in [-0.25, -0.2) is 0 Å². The lowest BCUT2D eigenvalue weighted by atomic mass is 10.1. The number of rotatable bonds is 3. The molecule has 3 nitrogen and oxygen atoms in total. The Morgan fingerprint density at radius 1 is 1.56 bits per heavy atom. The molecule has 0 aliphatic rings. The first-order valence-corrected chi connectivity index (χ1v) is 5.19. The average molecular weight is 263 g/mol. The van der Waals surface area contributed by atoms with Crippen LogP contribution in [0.15, 0.2) is 18.2 Å². The van der Waals surface area contributed by atoms with Gasteiger partial charge in [-0.05, 0) is 31.5 Å². The van der Waals surface area contributed by atoms with Gasteiger partial charge in [0.05, 0.1) is 0 Å². The Kier molecular flexibility index (Phi) is 6.41. The molecule has 1 amide bonds. The van der Waals surface area contributed by atoms with Gasteiger partial charge in [-0.15, -0.1) is 12.4 Å². The van der Waals surface area contributed by atoms with Crippen molar-refractivity contribution < 1.29 is 4.79 Å². The summed E-state index contributed by atoms with van der Waals surface area (Å²) in [6.45, 7) is 4.15. The fourth-order valence-corrected chi connectivity index (χ4v) is 1.37. The maximum atomic E-state index is 11.8. The standard InChI is InChI=1S/C11H15ClN2O.ClH/c1-7-3-4-9(12)5-10(7)11(15)14-8(2)6-13;/h3-5,8H,6,13H2,1-2H3,(H,14,15);1H/t8-;/m1./s1. The highest BCUT2D eigenvalue weighted by Gasteiger charge is 2.11. The van der Waals surface area contributed by atoms with Crippen molar-refractivity contribution in [3.63, 3.8) is 0 Å². The van der Waals surface area contributed by atoms with Crippen LogP contribution < -0.4 is 11.1 Å². The first-order valence-electron chi connectivity index (χ1n) is 4.81. The number of halogens is 2. The molecule has 5 heteroatoms. The summed E-state index contributed by atoms with van der Waals surface area (Å²) in [6, 6.07) is 5.22. The van der Waals surface area contributed by atoms with E-state index in [4.69, 9.17) is 17.3 Å². The average Bonchev–Trinajstić information content (AvgIpc) is 2.21. The lowest BCUT2D eigenvalue weighted by Crippen LogP contribution is -2.38. The molecule has 16 heavy (non-hydrogen) atoms. The second-order valence-electron chi connectivity index (χ2n) is 3.57. The Labute approximate surface area is 107 Å². The molecule has 0 saturated heterocycles. The van der Waals surface area contributed by atoms with Gasteiger partial charge in [0.15, 0.2) is 0 Å². The minimum atomic E-state index is -0.132. The third-order valence-electron chi connectivity index (χ3n) is 2.18. The van der Waals surface area contributed by atoms with Crippen LogP contribution >= 0.6 is 24.0 Å². The van der Waals surface area contributed by atoms with Crippen molar-refractivity contribution in [3.05, 3.63) is 34.3 Å². The highest BCUT2D eigenvalue weighted by atomic mass is 35.5. The Morgan fingerprint density at radius 3 is 2.75 bits per heavy atom. The van der Waals surface area contributed by atoms with E-state index >= 15 is 0 Å². The molecule has 0 fully saturated rings. The van der Waals surface area contributed by atoms with Gasteiger partial charge < -0.3 is 11.1 Å². The zero-order valence-electron chi connectivity index (χ0n) is 9.29. The number of hydrogen-bond acceptors (Lipinski definition) is 2. The predicted molar refractivity (Wildman–Crippen MR) is 69.4 cm³/mol. The fourth-order valence-electron chi connectivity index (χ4n) is 1.20. The molecule has 0 aromatic heterocycles. The van der Waals surface area contributed by atoms with Crippen LogP contribution in [0, 0.1) is 6.92 Å². The van der Waals surface area contributed by atoms with Gasteiger partial charge in [0, 0.05) is 23.2 Å². The topological polar surface area (TPSA) is 55.1 Å². The van der Waals surface area contributed by atoms with Crippen molar-refractivity contribution in [2.45, 2.75) is 19.9 Å². The molecule has 1 rings (SSSR count). The Morgan fingerprint density at radius 2 is 2.19 bits per heavy atom. The number of carbonyl (C=O) groups excluding carboxylic acids is 1. The third-order valence-corrected chi connectivity index (χ3v) is 2.41. The molecule has 1 atom stereocenters. The van der Waals surface area contributed by atoms with Crippen LogP contribution in [-0.4, -0.2) is 18.5 Å². The summed E-state index contributed by atoms with van der Waals surface area (Å²) >= 11 is 5.83. The van der Waals surface area contributed by atoms with Crippen LogP contribution in [0.3, 0.4) is 0 Å². The van der Waals surface area contributed by atoms with E-state index < -0.39 is 0 Å². The molecule has 3 N–H and O–H groups in total. The summed E-state index contributed by atoms with van der Waals surface area (Å²) in [5.74, 6) is -0.132. The second kappa shape index (κ2) is 6.74. The number of aryl methyl sites for hydroxylation is 1. The van der Waals surface area contributed by atoms with Crippen molar-refractivity contribution in [1.29, 1.82) is 0 Å². The first kappa shape index (κ1) is 15.2. The molecule has 0 radical (unpaired) electrons. The van der Waals surface area contributed by atoms with Gasteiger partial charge in [-0.1, -0.05) is 17.7 Å². The van der Waals surface area contributed by atoms with Gasteiger partial charge >= 0.3 is 0 Å². The number of carbonyl (C=O) groups is 1. The lowest BCUT2D eigenvalue weighted by molar-refractivity contribution is 0.0940. The quantitative estimate of drug-likeness (QED) is 0.877. The number of hydrogen-bond donors (Lipinski definition) is 2. The van der Waals surface area contributed by atoms with E-state index in [9.17, 15) is 4.79 Å². The van der Waals surface area contributed by atoms with Crippen molar-refractivity contribution in [3.8, 4) is 0 Å². The minimum absolute atomic E-state index is 0. The molecule has 0 heterocycles. The van der Waals surface area contributed by atoms with Crippen LogP contribution in [0.4, 0.5) is 0 Å². The van der Waals surface area contributed by atoms with Crippen LogP contribution in [0.2, 0.25) is 5.02 Å². The van der Waals surface area contributed by atoms with Crippen LogP contribution in [0.1, 0.15) is 22.8 Å². The molecule has 1 aromatic carbocycles. The van der Waals surface area contributed by atoms with E-state index in [0.717, 1.165) is 5.56 Å². The van der Waals surface area contributed by atoms with Gasteiger partial charge in [0.2, 0.25) is 0 Å². The Hall–Kier alpha value is -0.770. The highest BCUT2D eigenvalue weighted by molar-refractivity contribution is 6.31. The molecule has 0 unspecified atom stereocenters. The Bertz CT molecular complexity index is 369. The third kappa shape index (κ3) is 4.00. The Balaban J connectivity index is 0.00000225. The zero-order chi connectivity index (χ0) is 11.4. The van der Waals surface area contributed by atoms with E-state index in [0.29, 0.717) is 17.1 Å². The maximum Gasteiger partial charge on any atom is 0.251 e. The molecule has 0 aliphatic heterocycles. The van der Waals surface area contributed by atoms with Gasteiger partial charge in [0.1, 0.15) is 0 Å². The summed E-state index contributed by atoms with van der Waals surface area (Å²) in [7, 11) is 0. The minimum Gasteiger partial charge on any atom is -0.348 e. The van der Waals surface area contributed by atoms with Gasteiger partial charge in [-0.2, -0.15) is 0 Å². The van der Waals surface area contributed by atoms with Crippen molar-refractivity contribution in [2.24, 2.45) is 5.73 Å². The number of amides is 1. The number of benzene rings is 1. The monoisotopic (exact) mass is 262 g/mol. The summed E-state index contributed by atoms with van der Waals surface area (Å²) < 4.78 is 0. The zero-order valence-corrected chi connectivity index (χ0v) is 10.9. The van der Waals surface area contributed by atoms with E-state index in [1.807, 2.05) is 19.9 Å². The molecule has 90 valence electrons. The van der Waals surface area contributed by atoms with Crippen molar-refractivity contribution in [1.82, 2.24) is 5.32 Å². The molecule has 0 aliphatic carbocycles.